The highest BCUT2D eigenvalue weighted by atomic mass is 79.9. The molecule has 66 valence electrons. The van der Waals surface area contributed by atoms with Gasteiger partial charge in [0.05, 0.1) is 4.47 Å². The maximum Gasteiger partial charge on any atom is 0.129 e. The lowest BCUT2D eigenvalue weighted by Crippen LogP contribution is -2.09. The largest absolute Gasteiger partial charge is 0.507 e. The third-order valence-electron chi connectivity index (χ3n) is 1.40. The van der Waals surface area contributed by atoms with E-state index in [4.69, 9.17) is 0 Å². The van der Waals surface area contributed by atoms with E-state index < -0.39 is 0 Å². The monoisotopic (exact) mass is 229 g/mol. The maximum absolute atomic E-state index is 9.20. The second kappa shape index (κ2) is 3.81. The van der Waals surface area contributed by atoms with Crippen molar-refractivity contribution >= 4 is 21.6 Å². The normalized spacial score (nSPS) is 10.3. The van der Waals surface area contributed by atoms with Crippen molar-refractivity contribution in [2.75, 3.05) is 5.32 Å². The number of anilines is 1. The fraction of sp³-hybridized carbons (Fsp3) is 0.333. The average Bonchev–Trinajstić information content (AvgIpc) is 1.96. The van der Waals surface area contributed by atoms with Crippen molar-refractivity contribution < 1.29 is 5.11 Å². The van der Waals surface area contributed by atoms with Crippen molar-refractivity contribution in [2.24, 2.45) is 0 Å². The Morgan fingerprint density at radius 3 is 2.58 bits per heavy atom. The number of hydrogen-bond donors (Lipinski definition) is 2. The van der Waals surface area contributed by atoms with Gasteiger partial charge in [0.25, 0.3) is 0 Å². The summed E-state index contributed by atoms with van der Waals surface area (Å²) in [5.74, 6) is 0.268. The lowest BCUT2D eigenvalue weighted by molar-refractivity contribution is 0.472. The van der Waals surface area contributed by atoms with Gasteiger partial charge < -0.3 is 10.4 Å². The van der Waals surface area contributed by atoms with Gasteiger partial charge in [0.1, 0.15) is 5.75 Å². The van der Waals surface area contributed by atoms with E-state index in [2.05, 4.69) is 35.1 Å². The molecule has 12 heavy (non-hydrogen) atoms. The summed E-state index contributed by atoms with van der Waals surface area (Å²) in [6.45, 7) is 4.14. The first-order chi connectivity index (χ1) is 5.59. The summed E-state index contributed by atoms with van der Waals surface area (Å²) >= 11 is 3.25. The van der Waals surface area contributed by atoms with Gasteiger partial charge in [-0.1, -0.05) is 0 Å². The number of nitrogens with one attached hydrogen (secondary N) is 1. The van der Waals surface area contributed by atoms with Crippen molar-refractivity contribution in [3.63, 3.8) is 0 Å². The van der Waals surface area contributed by atoms with E-state index in [1.54, 1.807) is 6.07 Å². The zero-order valence-corrected chi connectivity index (χ0v) is 8.72. The summed E-state index contributed by atoms with van der Waals surface area (Å²) in [6, 6.07) is 5.77. The Balaban J connectivity index is 2.82. The predicted octanol–water partition coefficient (Wildman–Crippen LogP) is 2.98. The van der Waals surface area contributed by atoms with Gasteiger partial charge in [0.15, 0.2) is 0 Å². The molecule has 0 aliphatic carbocycles. The van der Waals surface area contributed by atoms with Gasteiger partial charge in [-0.15, -0.1) is 0 Å². The van der Waals surface area contributed by atoms with Crippen LogP contribution in [0, 0.1) is 0 Å². The molecular weight excluding hydrogens is 218 g/mol. The molecule has 2 N–H and O–H groups in total. The summed E-state index contributed by atoms with van der Waals surface area (Å²) in [5.41, 5.74) is 1.01. The fourth-order valence-electron chi connectivity index (χ4n) is 0.930. The Bertz CT molecular complexity index is 273. The first-order valence-electron chi connectivity index (χ1n) is 3.84. The van der Waals surface area contributed by atoms with E-state index in [0.717, 1.165) is 5.69 Å². The molecule has 2 nitrogen and oxygen atoms in total. The summed E-state index contributed by atoms with van der Waals surface area (Å²) < 4.78 is 0.716. The van der Waals surface area contributed by atoms with Crippen LogP contribution in [0.4, 0.5) is 5.69 Å². The summed E-state index contributed by atoms with van der Waals surface area (Å²) in [4.78, 5) is 0. The third kappa shape index (κ3) is 2.41. The summed E-state index contributed by atoms with van der Waals surface area (Å²) in [6.07, 6.45) is 0. The first kappa shape index (κ1) is 9.39. The van der Waals surface area contributed by atoms with Crippen LogP contribution < -0.4 is 5.32 Å². The lowest BCUT2D eigenvalue weighted by Gasteiger charge is -2.10. The van der Waals surface area contributed by atoms with Gasteiger partial charge in [-0.25, -0.2) is 0 Å². The van der Waals surface area contributed by atoms with Crippen LogP contribution >= 0.6 is 15.9 Å². The molecule has 0 atom stereocenters. The van der Waals surface area contributed by atoms with Gasteiger partial charge >= 0.3 is 0 Å². The molecule has 0 saturated carbocycles. The van der Waals surface area contributed by atoms with Crippen LogP contribution in [-0.2, 0) is 0 Å². The Morgan fingerprint density at radius 2 is 2.08 bits per heavy atom. The molecule has 1 aromatic rings. The maximum atomic E-state index is 9.20. The molecular formula is C9H12BrNO. The highest BCUT2D eigenvalue weighted by Crippen LogP contribution is 2.26. The topological polar surface area (TPSA) is 32.3 Å². The van der Waals surface area contributed by atoms with E-state index in [0.29, 0.717) is 10.5 Å². The average molecular weight is 230 g/mol. The minimum atomic E-state index is 0.268. The Labute approximate surface area is 80.7 Å². The van der Waals surface area contributed by atoms with E-state index >= 15 is 0 Å². The molecule has 0 spiro atoms. The second-order valence-electron chi connectivity index (χ2n) is 2.97. The first-order valence-corrected chi connectivity index (χ1v) is 4.64. The van der Waals surface area contributed by atoms with Gasteiger partial charge in [0.2, 0.25) is 0 Å². The Kier molecular flexibility index (Phi) is 2.98. The molecule has 1 aromatic carbocycles. The van der Waals surface area contributed by atoms with Crippen LogP contribution in [0.2, 0.25) is 0 Å². The van der Waals surface area contributed by atoms with Crippen molar-refractivity contribution in [1.82, 2.24) is 0 Å². The highest BCUT2D eigenvalue weighted by molar-refractivity contribution is 9.10. The molecule has 0 amide bonds. The summed E-state index contributed by atoms with van der Waals surface area (Å²) in [5, 5.41) is 12.4. The van der Waals surface area contributed by atoms with E-state index in [9.17, 15) is 5.11 Å². The minimum Gasteiger partial charge on any atom is -0.507 e. The van der Waals surface area contributed by atoms with Crippen LogP contribution in [0.25, 0.3) is 0 Å². The number of phenolic OH excluding ortho intramolecular Hbond substituents is 1. The molecule has 0 radical (unpaired) electrons. The second-order valence-corrected chi connectivity index (χ2v) is 3.82. The van der Waals surface area contributed by atoms with E-state index in [-0.39, 0.29) is 5.75 Å². The van der Waals surface area contributed by atoms with E-state index in [1.165, 1.54) is 0 Å². The molecule has 0 aliphatic rings. The standard InChI is InChI=1S/C9H12BrNO/c1-6(2)11-7-3-4-9(12)8(10)5-7/h3-6,11-12H,1-2H3. The summed E-state index contributed by atoms with van der Waals surface area (Å²) in [7, 11) is 0. The molecule has 0 unspecified atom stereocenters. The van der Waals surface area contributed by atoms with Gasteiger partial charge in [-0.2, -0.15) is 0 Å². The highest BCUT2D eigenvalue weighted by Gasteiger charge is 1.99. The Morgan fingerprint density at radius 1 is 1.42 bits per heavy atom. The van der Waals surface area contributed by atoms with Crippen LogP contribution in [0.5, 0.6) is 5.75 Å². The number of halogens is 1. The van der Waals surface area contributed by atoms with E-state index in [1.807, 2.05) is 12.1 Å². The molecule has 1 rings (SSSR count). The van der Waals surface area contributed by atoms with Crippen molar-refractivity contribution in [3.05, 3.63) is 22.7 Å². The van der Waals surface area contributed by atoms with Gasteiger partial charge in [-0.05, 0) is 48.0 Å². The number of benzene rings is 1. The number of phenols is 1. The van der Waals surface area contributed by atoms with Crippen LogP contribution in [0.1, 0.15) is 13.8 Å². The number of hydrogen-bond acceptors (Lipinski definition) is 2. The predicted molar refractivity (Wildman–Crippen MR) is 54.6 cm³/mol. The molecule has 0 fully saturated rings. The number of aromatic hydroxyl groups is 1. The molecule has 0 aromatic heterocycles. The zero-order valence-electron chi connectivity index (χ0n) is 7.13. The molecule has 0 saturated heterocycles. The third-order valence-corrected chi connectivity index (χ3v) is 2.04. The lowest BCUT2D eigenvalue weighted by atomic mass is 10.3. The SMILES string of the molecule is CC(C)Nc1ccc(O)c(Br)c1. The van der Waals surface area contributed by atoms with Crippen molar-refractivity contribution in [3.8, 4) is 5.75 Å². The van der Waals surface area contributed by atoms with Crippen LogP contribution in [0.15, 0.2) is 22.7 Å². The molecule has 0 aliphatic heterocycles. The smallest absolute Gasteiger partial charge is 0.129 e. The van der Waals surface area contributed by atoms with Crippen molar-refractivity contribution in [2.45, 2.75) is 19.9 Å². The Hall–Kier alpha value is -0.700. The van der Waals surface area contributed by atoms with Gasteiger partial charge in [-0.3, -0.25) is 0 Å². The minimum absolute atomic E-state index is 0.268. The fourth-order valence-corrected chi connectivity index (χ4v) is 1.31. The van der Waals surface area contributed by atoms with Crippen LogP contribution in [-0.4, -0.2) is 11.1 Å². The molecule has 3 heteroatoms. The number of rotatable bonds is 2. The van der Waals surface area contributed by atoms with Crippen LogP contribution in [0.3, 0.4) is 0 Å². The zero-order chi connectivity index (χ0) is 9.14. The van der Waals surface area contributed by atoms with Crippen molar-refractivity contribution in [1.29, 1.82) is 0 Å². The van der Waals surface area contributed by atoms with Gasteiger partial charge in [0, 0.05) is 11.7 Å². The molecule has 0 heterocycles. The molecule has 0 bridgehead atoms. The quantitative estimate of drug-likeness (QED) is 0.765.